The molecule has 0 aliphatic carbocycles. The molecule has 0 aliphatic rings. The number of aromatic nitrogens is 2. The summed E-state index contributed by atoms with van der Waals surface area (Å²) in [7, 11) is 0. The van der Waals surface area contributed by atoms with E-state index in [9.17, 15) is 4.79 Å². The third kappa shape index (κ3) is 2.47. The average molecular weight is 189 g/mol. The van der Waals surface area contributed by atoms with Gasteiger partial charge in [0.05, 0.1) is 0 Å². The second-order valence-corrected chi connectivity index (χ2v) is 4.12. The molecule has 1 atom stereocenters. The number of rotatable bonds is 3. The molecule has 1 aromatic rings. The fourth-order valence-corrected chi connectivity index (χ4v) is 1.86. The molecule has 0 aromatic carbocycles. The van der Waals surface area contributed by atoms with Crippen molar-refractivity contribution in [3.05, 3.63) is 5.51 Å². The Bertz CT molecular complexity index is 237. The molecule has 1 aromatic heterocycles. The number of nitrogens with zero attached hydrogens (tertiary/aromatic N) is 2. The summed E-state index contributed by atoms with van der Waals surface area (Å²) >= 11 is 2.39. The molecule has 0 aliphatic heterocycles. The van der Waals surface area contributed by atoms with Gasteiger partial charge in [-0.15, -0.1) is 10.2 Å². The van der Waals surface area contributed by atoms with Gasteiger partial charge in [-0.1, -0.05) is 23.1 Å². The lowest BCUT2D eigenvalue weighted by Gasteiger charge is -1.99. The van der Waals surface area contributed by atoms with Crippen molar-refractivity contribution in [2.24, 2.45) is 0 Å². The maximum Gasteiger partial charge on any atom is 0.316 e. The van der Waals surface area contributed by atoms with Crippen LogP contribution in [0.4, 0.5) is 0 Å². The molecule has 0 bridgehead atoms. The Labute approximate surface area is 71.7 Å². The van der Waals surface area contributed by atoms with Crippen LogP contribution in [-0.4, -0.2) is 26.5 Å². The van der Waals surface area contributed by atoms with Crippen molar-refractivity contribution in [2.45, 2.75) is 16.5 Å². The van der Waals surface area contributed by atoms with Gasteiger partial charge in [-0.3, -0.25) is 4.79 Å². The van der Waals surface area contributed by atoms with E-state index >= 15 is 0 Å². The van der Waals surface area contributed by atoms with Crippen LogP contribution in [0.2, 0.25) is 0 Å². The normalized spacial score (nSPS) is 12.8. The van der Waals surface area contributed by atoms with Gasteiger partial charge in [-0.2, -0.15) is 0 Å². The lowest BCUT2D eigenvalue weighted by atomic mass is 10.5. The Kier molecular flexibility index (Phi) is 2.84. The second kappa shape index (κ2) is 3.68. The Balaban J connectivity index is 2.50. The van der Waals surface area contributed by atoms with Crippen LogP contribution < -0.4 is 0 Å². The number of thioether (sulfide) groups is 1. The zero-order chi connectivity index (χ0) is 8.27. The van der Waals surface area contributed by atoms with Gasteiger partial charge in [0.15, 0.2) is 9.85 Å². The number of carboxylic acids is 1. The van der Waals surface area contributed by atoms with Gasteiger partial charge < -0.3 is 5.11 Å². The molecule has 1 unspecified atom stereocenters. The average Bonchev–Trinajstić information content (AvgIpc) is 2.39. The van der Waals surface area contributed by atoms with Crippen LogP contribution >= 0.6 is 23.1 Å². The van der Waals surface area contributed by atoms with Crippen molar-refractivity contribution >= 4 is 29.1 Å². The molecular weight excluding hydrogens is 184 g/mol. The molecule has 0 spiro atoms. The van der Waals surface area contributed by atoms with Crippen LogP contribution in [0, 0.1) is 5.51 Å². The lowest BCUT2D eigenvalue weighted by molar-refractivity contribution is -0.136. The third-order valence-electron chi connectivity index (χ3n) is 0.931. The number of hydrogen-bond donors (Lipinski definition) is 1. The highest BCUT2D eigenvalue weighted by Crippen LogP contribution is 2.23. The van der Waals surface area contributed by atoms with Gasteiger partial charge in [-0.25, -0.2) is 0 Å². The first-order valence-electron chi connectivity index (χ1n) is 2.79. The molecule has 1 N–H and O–H groups in total. The van der Waals surface area contributed by atoms with Crippen LogP contribution in [0.3, 0.4) is 0 Å². The number of hydrogen-bond acceptors (Lipinski definition) is 5. The predicted molar refractivity (Wildman–Crippen MR) is 41.7 cm³/mol. The minimum absolute atomic E-state index is 0.476. The van der Waals surface area contributed by atoms with E-state index in [0.717, 1.165) is 0 Å². The zero-order valence-electron chi connectivity index (χ0n) is 5.64. The summed E-state index contributed by atoms with van der Waals surface area (Å²) in [5.74, 6) is -0.842. The summed E-state index contributed by atoms with van der Waals surface area (Å²) in [6, 6.07) is 0. The monoisotopic (exact) mass is 189 g/mol. The van der Waals surface area contributed by atoms with Crippen LogP contribution in [0.5, 0.6) is 0 Å². The van der Waals surface area contributed by atoms with Crippen LogP contribution in [-0.2, 0) is 4.79 Å². The van der Waals surface area contributed by atoms with E-state index in [0.29, 0.717) is 4.34 Å². The Hall–Kier alpha value is -0.620. The van der Waals surface area contributed by atoms with Gasteiger partial charge in [0.25, 0.3) is 0 Å². The zero-order valence-corrected chi connectivity index (χ0v) is 7.28. The molecule has 4 nitrogen and oxygen atoms in total. The topological polar surface area (TPSA) is 63.1 Å². The molecule has 0 saturated carbocycles. The highest BCUT2D eigenvalue weighted by molar-refractivity contribution is 8.02. The van der Waals surface area contributed by atoms with E-state index in [1.54, 1.807) is 6.92 Å². The van der Waals surface area contributed by atoms with Crippen LogP contribution in [0.15, 0.2) is 4.34 Å². The van der Waals surface area contributed by atoms with Crippen molar-refractivity contribution in [1.82, 2.24) is 10.2 Å². The fourth-order valence-electron chi connectivity index (χ4n) is 0.390. The number of aliphatic carboxylic acids is 1. The molecule has 0 amide bonds. The highest BCUT2D eigenvalue weighted by Gasteiger charge is 2.13. The maximum absolute atomic E-state index is 10.4. The summed E-state index contributed by atoms with van der Waals surface area (Å²) in [5.41, 5.74) is 2.54. The first kappa shape index (κ1) is 8.48. The van der Waals surface area contributed by atoms with Crippen LogP contribution in [0.1, 0.15) is 6.92 Å². The van der Waals surface area contributed by atoms with E-state index in [2.05, 4.69) is 15.7 Å². The van der Waals surface area contributed by atoms with Crippen molar-refractivity contribution in [1.29, 1.82) is 0 Å². The summed E-state index contributed by atoms with van der Waals surface area (Å²) in [6.45, 7) is 1.61. The molecule has 11 heavy (non-hydrogen) atoms. The molecular formula is C5H5N2O2S2. The van der Waals surface area contributed by atoms with E-state index in [4.69, 9.17) is 5.11 Å². The van der Waals surface area contributed by atoms with Crippen molar-refractivity contribution < 1.29 is 9.90 Å². The van der Waals surface area contributed by atoms with Crippen molar-refractivity contribution in [2.75, 3.05) is 0 Å². The number of carboxylic acid groups (broad SMARTS) is 1. The molecule has 6 heteroatoms. The quantitative estimate of drug-likeness (QED) is 0.716. The van der Waals surface area contributed by atoms with E-state index in [1.807, 2.05) is 0 Å². The number of carbonyl (C=O) groups is 1. The molecule has 0 fully saturated rings. The smallest absolute Gasteiger partial charge is 0.316 e. The molecule has 0 saturated heterocycles. The van der Waals surface area contributed by atoms with E-state index in [-0.39, 0.29) is 0 Å². The predicted octanol–water partition coefficient (Wildman–Crippen LogP) is 0.903. The first-order chi connectivity index (χ1) is 5.20. The molecule has 1 rings (SSSR count). The van der Waals surface area contributed by atoms with Gasteiger partial charge in [0, 0.05) is 0 Å². The summed E-state index contributed by atoms with van der Waals surface area (Å²) in [6.07, 6.45) is 0. The molecule has 1 heterocycles. The fraction of sp³-hybridized carbons (Fsp3) is 0.400. The summed E-state index contributed by atoms with van der Waals surface area (Å²) in [5, 5.41) is 15.1. The standard InChI is InChI=1S/C5H5N2O2S2/c1-3(4(8)9)11-5-7-6-2-10-5/h3H,1H3,(H,8,9). The van der Waals surface area contributed by atoms with Gasteiger partial charge in [-0.05, 0) is 6.92 Å². The van der Waals surface area contributed by atoms with Crippen molar-refractivity contribution in [3.63, 3.8) is 0 Å². The minimum atomic E-state index is -0.842. The van der Waals surface area contributed by atoms with Gasteiger partial charge in [0.2, 0.25) is 0 Å². The summed E-state index contributed by atoms with van der Waals surface area (Å²) < 4.78 is 0.639. The Morgan fingerprint density at radius 2 is 2.64 bits per heavy atom. The Morgan fingerprint density at radius 3 is 3.09 bits per heavy atom. The maximum atomic E-state index is 10.4. The molecule has 1 radical (unpaired) electrons. The van der Waals surface area contributed by atoms with E-state index < -0.39 is 11.2 Å². The summed E-state index contributed by atoms with van der Waals surface area (Å²) in [4.78, 5) is 10.4. The van der Waals surface area contributed by atoms with E-state index in [1.165, 1.54) is 23.1 Å². The lowest BCUT2D eigenvalue weighted by Crippen LogP contribution is -2.10. The van der Waals surface area contributed by atoms with Gasteiger partial charge >= 0.3 is 5.97 Å². The van der Waals surface area contributed by atoms with Crippen LogP contribution in [0.25, 0.3) is 0 Å². The Morgan fingerprint density at radius 1 is 1.91 bits per heavy atom. The second-order valence-electron chi connectivity index (χ2n) is 1.76. The SMILES string of the molecule is CC(Sc1nn[c]s1)C(=O)O. The minimum Gasteiger partial charge on any atom is -0.480 e. The van der Waals surface area contributed by atoms with Crippen molar-refractivity contribution in [3.8, 4) is 0 Å². The van der Waals surface area contributed by atoms with Gasteiger partial charge in [0.1, 0.15) is 5.25 Å². The first-order valence-corrected chi connectivity index (χ1v) is 4.49. The molecule has 59 valence electrons. The highest BCUT2D eigenvalue weighted by atomic mass is 32.2. The largest absolute Gasteiger partial charge is 0.480 e. The third-order valence-corrected chi connectivity index (χ3v) is 2.74.